The van der Waals surface area contributed by atoms with Gasteiger partial charge in [-0.15, -0.1) is 0 Å². The van der Waals surface area contributed by atoms with Gasteiger partial charge >= 0.3 is 0 Å². The lowest BCUT2D eigenvalue weighted by Gasteiger charge is -2.44. The van der Waals surface area contributed by atoms with E-state index in [1.807, 2.05) is 0 Å². The number of hydrogen-bond donors (Lipinski definition) is 1. The van der Waals surface area contributed by atoms with Crippen LogP contribution in [0.2, 0.25) is 0 Å². The molecule has 2 nitrogen and oxygen atoms in total. The van der Waals surface area contributed by atoms with Crippen molar-refractivity contribution < 1.29 is 5.11 Å². The van der Waals surface area contributed by atoms with E-state index in [0.717, 1.165) is 6.42 Å². The highest BCUT2D eigenvalue weighted by Crippen LogP contribution is 2.24. The first kappa shape index (κ1) is 11.9. The molecular weight excluding hydrogens is 150 g/mol. The largest absolute Gasteiger partial charge is 0.396 e. The zero-order chi connectivity index (χ0) is 9.99. The Labute approximate surface area is 76.6 Å². The number of rotatable bonds is 3. The van der Waals surface area contributed by atoms with Gasteiger partial charge in [0.1, 0.15) is 0 Å². The average molecular weight is 173 g/mol. The molecule has 0 amide bonds. The van der Waals surface area contributed by atoms with Crippen molar-refractivity contribution >= 4 is 0 Å². The number of hydrogen-bond acceptors (Lipinski definition) is 2. The molecule has 0 aliphatic heterocycles. The normalized spacial score (nSPS) is 14.0. The minimum atomic E-state index is 0.0764. The van der Waals surface area contributed by atoms with E-state index in [4.69, 9.17) is 5.11 Å². The quantitative estimate of drug-likeness (QED) is 0.704. The molecule has 2 heteroatoms. The Hall–Kier alpha value is -0.0800. The second-order valence-electron chi connectivity index (χ2n) is 5.02. The van der Waals surface area contributed by atoms with Crippen molar-refractivity contribution in [2.75, 3.05) is 13.7 Å². The molecule has 0 fully saturated rings. The second-order valence-corrected chi connectivity index (χ2v) is 5.02. The molecule has 1 N–H and O–H groups in total. The lowest BCUT2D eigenvalue weighted by atomic mass is 9.93. The van der Waals surface area contributed by atoms with Crippen molar-refractivity contribution in [1.82, 2.24) is 4.90 Å². The van der Waals surface area contributed by atoms with Gasteiger partial charge in [0.15, 0.2) is 0 Å². The molecule has 0 radical (unpaired) electrons. The van der Waals surface area contributed by atoms with E-state index in [0.29, 0.717) is 0 Å². The van der Waals surface area contributed by atoms with Crippen LogP contribution in [0.25, 0.3) is 0 Å². The van der Waals surface area contributed by atoms with Crippen LogP contribution in [0.3, 0.4) is 0 Å². The van der Waals surface area contributed by atoms with Gasteiger partial charge in [-0.2, -0.15) is 0 Å². The van der Waals surface area contributed by atoms with Crippen molar-refractivity contribution in [3.63, 3.8) is 0 Å². The minimum Gasteiger partial charge on any atom is -0.396 e. The van der Waals surface area contributed by atoms with Crippen molar-refractivity contribution in [3.8, 4) is 0 Å². The fraction of sp³-hybridized carbons (Fsp3) is 1.00. The monoisotopic (exact) mass is 173 g/mol. The Morgan fingerprint density at radius 2 is 1.50 bits per heavy atom. The van der Waals surface area contributed by atoms with Crippen molar-refractivity contribution in [3.05, 3.63) is 0 Å². The Morgan fingerprint density at radius 3 is 1.75 bits per heavy atom. The molecule has 0 atom stereocenters. The first-order chi connectivity index (χ1) is 5.22. The molecule has 0 unspecified atom stereocenters. The van der Waals surface area contributed by atoms with Gasteiger partial charge in [0, 0.05) is 17.7 Å². The maximum atomic E-state index is 8.89. The third-order valence-electron chi connectivity index (χ3n) is 2.64. The zero-order valence-corrected chi connectivity index (χ0v) is 9.31. The van der Waals surface area contributed by atoms with Gasteiger partial charge in [-0.25, -0.2) is 0 Å². The highest BCUT2D eigenvalue weighted by molar-refractivity contribution is 4.86. The first-order valence-electron chi connectivity index (χ1n) is 4.56. The first-order valence-corrected chi connectivity index (χ1v) is 4.56. The third kappa shape index (κ3) is 3.11. The fourth-order valence-electron chi connectivity index (χ4n) is 1.35. The maximum Gasteiger partial charge on any atom is 0.0448 e. The lowest BCUT2D eigenvalue weighted by Crippen LogP contribution is -2.51. The van der Waals surface area contributed by atoms with Gasteiger partial charge in [0.05, 0.1) is 0 Å². The van der Waals surface area contributed by atoms with E-state index in [-0.39, 0.29) is 17.7 Å². The Kier molecular flexibility index (Phi) is 3.73. The van der Waals surface area contributed by atoms with E-state index < -0.39 is 0 Å². The van der Waals surface area contributed by atoms with Crippen LogP contribution in [0.4, 0.5) is 0 Å². The van der Waals surface area contributed by atoms with Gasteiger partial charge < -0.3 is 5.11 Å². The topological polar surface area (TPSA) is 23.5 Å². The summed E-state index contributed by atoms with van der Waals surface area (Å²) in [5.41, 5.74) is 0.242. The van der Waals surface area contributed by atoms with Crippen LogP contribution in [0.15, 0.2) is 0 Å². The summed E-state index contributed by atoms with van der Waals surface area (Å²) in [6.45, 7) is 11.1. The summed E-state index contributed by atoms with van der Waals surface area (Å²) < 4.78 is 0. The van der Waals surface area contributed by atoms with Crippen molar-refractivity contribution in [2.45, 2.75) is 52.1 Å². The van der Waals surface area contributed by atoms with Gasteiger partial charge in [0.25, 0.3) is 0 Å². The van der Waals surface area contributed by atoms with Crippen LogP contribution >= 0.6 is 0 Å². The van der Waals surface area contributed by atoms with E-state index in [1.165, 1.54) is 0 Å². The maximum absolute atomic E-state index is 8.89. The van der Waals surface area contributed by atoms with Crippen LogP contribution in [-0.4, -0.2) is 34.7 Å². The summed E-state index contributed by atoms with van der Waals surface area (Å²) in [5, 5.41) is 8.89. The van der Waals surface area contributed by atoms with Crippen LogP contribution in [0.5, 0.6) is 0 Å². The van der Waals surface area contributed by atoms with Crippen molar-refractivity contribution in [2.24, 2.45) is 0 Å². The molecule has 0 bridgehead atoms. The summed E-state index contributed by atoms with van der Waals surface area (Å²) >= 11 is 0. The van der Waals surface area contributed by atoms with Crippen LogP contribution < -0.4 is 0 Å². The third-order valence-corrected chi connectivity index (χ3v) is 2.64. The molecule has 0 aromatic heterocycles. The van der Waals surface area contributed by atoms with Gasteiger partial charge in [-0.05, 0) is 48.1 Å². The van der Waals surface area contributed by atoms with Crippen LogP contribution in [0, 0.1) is 0 Å². The number of aliphatic hydroxyl groups is 1. The molecule has 0 saturated heterocycles. The van der Waals surface area contributed by atoms with Crippen LogP contribution in [0.1, 0.15) is 41.0 Å². The Bertz CT molecular complexity index is 135. The van der Waals surface area contributed by atoms with Crippen LogP contribution in [-0.2, 0) is 0 Å². The summed E-state index contributed by atoms with van der Waals surface area (Å²) in [6, 6.07) is 0. The van der Waals surface area contributed by atoms with E-state index in [2.05, 4.69) is 46.6 Å². The molecule has 74 valence electrons. The molecule has 0 aliphatic carbocycles. The smallest absolute Gasteiger partial charge is 0.0448 e. The highest BCUT2D eigenvalue weighted by atomic mass is 16.3. The molecule has 12 heavy (non-hydrogen) atoms. The second kappa shape index (κ2) is 3.75. The van der Waals surface area contributed by atoms with Gasteiger partial charge in [-0.1, -0.05) is 0 Å². The Balaban J connectivity index is 4.34. The minimum absolute atomic E-state index is 0.0764. The molecule has 0 aromatic carbocycles. The summed E-state index contributed by atoms with van der Waals surface area (Å²) in [4.78, 5) is 2.30. The molecule has 0 rings (SSSR count). The standard InChI is InChI=1S/C10H23NO/c1-9(2,3)11(6)10(4,5)7-8-12/h12H,7-8H2,1-6H3. The molecule has 0 spiro atoms. The van der Waals surface area contributed by atoms with E-state index in [9.17, 15) is 0 Å². The molecular formula is C10H23NO. The predicted molar refractivity (Wildman–Crippen MR) is 53.3 cm³/mol. The average Bonchev–Trinajstić information content (AvgIpc) is 1.84. The van der Waals surface area contributed by atoms with E-state index in [1.54, 1.807) is 0 Å². The number of nitrogens with zero attached hydrogens (tertiary/aromatic N) is 1. The zero-order valence-electron chi connectivity index (χ0n) is 9.31. The van der Waals surface area contributed by atoms with E-state index >= 15 is 0 Å². The molecule has 0 aliphatic rings. The van der Waals surface area contributed by atoms with Gasteiger partial charge in [0.2, 0.25) is 0 Å². The predicted octanol–water partition coefficient (Wildman–Crippen LogP) is 1.88. The molecule has 0 saturated carbocycles. The summed E-state index contributed by atoms with van der Waals surface area (Å²) in [6.07, 6.45) is 0.820. The lowest BCUT2D eigenvalue weighted by molar-refractivity contribution is 0.0384. The van der Waals surface area contributed by atoms with Crippen molar-refractivity contribution in [1.29, 1.82) is 0 Å². The molecule has 0 aromatic rings. The highest BCUT2D eigenvalue weighted by Gasteiger charge is 2.30. The number of aliphatic hydroxyl groups excluding tert-OH is 1. The summed E-state index contributed by atoms with van der Waals surface area (Å²) in [7, 11) is 2.11. The van der Waals surface area contributed by atoms with Gasteiger partial charge in [-0.3, -0.25) is 4.90 Å². The Morgan fingerprint density at radius 1 is 1.08 bits per heavy atom. The fourth-order valence-corrected chi connectivity index (χ4v) is 1.35. The molecule has 0 heterocycles. The summed E-state index contributed by atoms with van der Waals surface area (Å²) in [5.74, 6) is 0. The SMILES string of the molecule is CN(C(C)(C)C)C(C)(C)CCO.